The maximum atomic E-state index is 12.7. The van der Waals surface area contributed by atoms with E-state index in [0.29, 0.717) is 12.1 Å². The van der Waals surface area contributed by atoms with E-state index >= 15 is 0 Å². The van der Waals surface area contributed by atoms with Crippen LogP contribution in [-0.4, -0.2) is 48.2 Å². The summed E-state index contributed by atoms with van der Waals surface area (Å²) in [5, 5.41) is 18.8. The van der Waals surface area contributed by atoms with E-state index in [1.165, 1.54) is 0 Å². The Kier molecular flexibility index (Phi) is 4.65. The monoisotopic (exact) mass is 313 g/mol. The molecular formula is C18H23N3O2. The molecule has 0 spiro atoms. The first-order valence-corrected chi connectivity index (χ1v) is 8.30. The maximum Gasteiger partial charge on any atom is 0.244 e. The number of nitriles is 1. The van der Waals surface area contributed by atoms with Crippen LogP contribution in [0.25, 0.3) is 0 Å². The van der Waals surface area contributed by atoms with Gasteiger partial charge in [-0.1, -0.05) is 6.42 Å². The summed E-state index contributed by atoms with van der Waals surface area (Å²) in [6.07, 6.45) is 3.59. The van der Waals surface area contributed by atoms with Crippen molar-refractivity contribution in [2.75, 3.05) is 25.0 Å². The Morgan fingerprint density at radius 1 is 1.30 bits per heavy atom. The van der Waals surface area contributed by atoms with Gasteiger partial charge in [0, 0.05) is 18.8 Å². The SMILES string of the molecule is CN(CC1CCCC1O)C1CCN(c2ccc(C#N)cc2)C1=O. The summed E-state index contributed by atoms with van der Waals surface area (Å²) >= 11 is 0. The van der Waals surface area contributed by atoms with E-state index in [2.05, 4.69) is 11.0 Å². The van der Waals surface area contributed by atoms with Crippen LogP contribution in [0.1, 0.15) is 31.2 Å². The Morgan fingerprint density at radius 3 is 2.65 bits per heavy atom. The van der Waals surface area contributed by atoms with Crippen LogP contribution in [0.4, 0.5) is 5.69 Å². The third-order valence-electron chi connectivity index (χ3n) is 5.16. The molecule has 1 heterocycles. The van der Waals surface area contributed by atoms with Crippen molar-refractivity contribution in [1.29, 1.82) is 5.26 Å². The van der Waals surface area contributed by atoms with Crippen LogP contribution in [0.2, 0.25) is 0 Å². The highest BCUT2D eigenvalue weighted by atomic mass is 16.3. The van der Waals surface area contributed by atoms with Crippen molar-refractivity contribution >= 4 is 11.6 Å². The molecule has 3 atom stereocenters. The van der Waals surface area contributed by atoms with Crippen LogP contribution >= 0.6 is 0 Å². The van der Waals surface area contributed by atoms with E-state index in [1.807, 2.05) is 19.2 Å². The second kappa shape index (κ2) is 6.69. The molecule has 1 aliphatic heterocycles. The summed E-state index contributed by atoms with van der Waals surface area (Å²) < 4.78 is 0. The summed E-state index contributed by atoms with van der Waals surface area (Å²) in [7, 11) is 1.98. The Bertz CT molecular complexity index is 608. The average Bonchev–Trinajstić information content (AvgIpc) is 3.14. The molecular weight excluding hydrogens is 290 g/mol. The van der Waals surface area contributed by atoms with E-state index in [4.69, 9.17) is 5.26 Å². The van der Waals surface area contributed by atoms with Crippen molar-refractivity contribution in [3.8, 4) is 6.07 Å². The Labute approximate surface area is 137 Å². The van der Waals surface area contributed by atoms with Gasteiger partial charge in [-0.2, -0.15) is 5.26 Å². The number of aliphatic hydroxyl groups excluding tert-OH is 1. The van der Waals surface area contributed by atoms with Crippen LogP contribution in [0.3, 0.4) is 0 Å². The predicted octanol–water partition coefficient (Wildman–Crippen LogP) is 1.76. The predicted molar refractivity (Wildman–Crippen MR) is 87.9 cm³/mol. The number of anilines is 1. The number of aliphatic hydroxyl groups is 1. The Balaban J connectivity index is 1.64. The minimum atomic E-state index is -0.219. The van der Waals surface area contributed by atoms with Crippen LogP contribution in [0, 0.1) is 17.2 Å². The highest BCUT2D eigenvalue weighted by Gasteiger charge is 2.37. The van der Waals surface area contributed by atoms with E-state index in [9.17, 15) is 9.90 Å². The van der Waals surface area contributed by atoms with Gasteiger partial charge < -0.3 is 10.0 Å². The molecule has 0 bridgehead atoms. The lowest BCUT2D eigenvalue weighted by molar-refractivity contribution is -0.121. The number of amides is 1. The minimum absolute atomic E-state index is 0.113. The summed E-state index contributed by atoms with van der Waals surface area (Å²) in [6.45, 7) is 1.48. The van der Waals surface area contributed by atoms with Crippen LogP contribution < -0.4 is 4.90 Å². The normalized spacial score (nSPS) is 27.7. The lowest BCUT2D eigenvalue weighted by Gasteiger charge is -2.27. The number of hydrogen-bond acceptors (Lipinski definition) is 4. The summed E-state index contributed by atoms with van der Waals surface area (Å²) in [4.78, 5) is 16.6. The molecule has 1 saturated carbocycles. The molecule has 23 heavy (non-hydrogen) atoms. The molecule has 3 rings (SSSR count). The first kappa shape index (κ1) is 16.0. The van der Waals surface area contributed by atoms with Crippen molar-refractivity contribution in [2.45, 2.75) is 37.8 Å². The number of likely N-dealkylation sites (N-methyl/N-ethyl adjacent to an activating group) is 1. The second-order valence-electron chi connectivity index (χ2n) is 6.65. The molecule has 1 saturated heterocycles. The fourth-order valence-electron chi connectivity index (χ4n) is 3.77. The lowest BCUT2D eigenvalue weighted by atomic mass is 10.0. The molecule has 1 aliphatic carbocycles. The highest BCUT2D eigenvalue weighted by Crippen LogP contribution is 2.29. The van der Waals surface area contributed by atoms with Gasteiger partial charge in [0.15, 0.2) is 0 Å². The number of carbonyl (C=O) groups excluding carboxylic acids is 1. The van der Waals surface area contributed by atoms with Gasteiger partial charge in [-0.15, -0.1) is 0 Å². The number of nitrogens with zero attached hydrogens (tertiary/aromatic N) is 3. The molecule has 0 radical (unpaired) electrons. The smallest absolute Gasteiger partial charge is 0.244 e. The van der Waals surface area contributed by atoms with Crippen molar-refractivity contribution in [3.05, 3.63) is 29.8 Å². The molecule has 5 nitrogen and oxygen atoms in total. The average molecular weight is 313 g/mol. The number of carbonyl (C=O) groups is 1. The van der Waals surface area contributed by atoms with Crippen molar-refractivity contribution in [3.63, 3.8) is 0 Å². The summed E-state index contributed by atoms with van der Waals surface area (Å²) in [6, 6.07) is 9.13. The van der Waals surface area contributed by atoms with E-state index in [1.54, 1.807) is 17.0 Å². The Hall–Kier alpha value is -1.90. The van der Waals surface area contributed by atoms with Crippen molar-refractivity contribution in [1.82, 2.24) is 4.90 Å². The maximum absolute atomic E-state index is 12.7. The van der Waals surface area contributed by atoms with Crippen molar-refractivity contribution in [2.24, 2.45) is 5.92 Å². The van der Waals surface area contributed by atoms with Crippen LogP contribution in [-0.2, 0) is 4.79 Å². The minimum Gasteiger partial charge on any atom is -0.393 e. The zero-order chi connectivity index (χ0) is 16.4. The number of rotatable bonds is 4. The van der Waals surface area contributed by atoms with Gasteiger partial charge in [-0.05, 0) is 56.5 Å². The molecule has 3 unspecified atom stereocenters. The molecule has 5 heteroatoms. The molecule has 2 fully saturated rings. The van der Waals surface area contributed by atoms with Gasteiger partial charge in [-0.3, -0.25) is 9.69 Å². The standard InChI is InChI=1S/C18H23N3O2/c1-20(12-14-3-2-4-17(14)22)16-9-10-21(18(16)23)15-7-5-13(11-19)6-8-15/h5-8,14,16-17,22H,2-4,9-10,12H2,1H3. The molecule has 1 aromatic carbocycles. The molecule has 122 valence electrons. The molecule has 0 aromatic heterocycles. The largest absolute Gasteiger partial charge is 0.393 e. The molecule has 1 N–H and O–H groups in total. The Morgan fingerprint density at radius 2 is 2.04 bits per heavy atom. The van der Waals surface area contributed by atoms with Gasteiger partial charge >= 0.3 is 0 Å². The molecule has 1 amide bonds. The van der Waals surface area contributed by atoms with Gasteiger partial charge in [0.2, 0.25) is 5.91 Å². The zero-order valence-electron chi connectivity index (χ0n) is 13.5. The van der Waals surface area contributed by atoms with Gasteiger partial charge in [0.1, 0.15) is 0 Å². The topological polar surface area (TPSA) is 67.6 Å². The summed E-state index contributed by atoms with van der Waals surface area (Å²) in [5.74, 6) is 0.404. The second-order valence-corrected chi connectivity index (χ2v) is 6.65. The third-order valence-corrected chi connectivity index (χ3v) is 5.16. The van der Waals surface area contributed by atoms with Gasteiger partial charge in [0.25, 0.3) is 0 Å². The van der Waals surface area contributed by atoms with Crippen LogP contribution in [0.5, 0.6) is 0 Å². The summed E-state index contributed by atoms with van der Waals surface area (Å²) in [5.41, 5.74) is 1.45. The fraction of sp³-hybridized carbons (Fsp3) is 0.556. The zero-order valence-corrected chi connectivity index (χ0v) is 13.5. The first-order valence-electron chi connectivity index (χ1n) is 8.30. The fourth-order valence-corrected chi connectivity index (χ4v) is 3.77. The van der Waals surface area contributed by atoms with E-state index in [-0.39, 0.29) is 24.0 Å². The highest BCUT2D eigenvalue weighted by molar-refractivity contribution is 5.99. The number of benzene rings is 1. The van der Waals surface area contributed by atoms with E-state index in [0.717, 1.165) is 37.9 Å². The van der Waals surface area contributed by atoms with E-state index < -0.39 is 0 Å². The van der Waals surface area contributed by atoms with Crippen LogP contribution in [0.15, 0.2) is 24.3 Å². The van der Waals surface area contributed by atoms with Gasteiger partial charge in [0.05, 0.1) is 23.8 Å². The molecule has 2 aliphatic rings. The first-order chi connectivity index (χ1) is 11.1. The third kappa shape index (κ3) is 3.24. The quantitative estimate of drug-likeness (QED) is 0.919. The molecule has 1 aromatic rings. The van der Waals surface area contributed by atoms with Crippen molar-refractivity contribution < 1.29 is 9.90 Å². The lowest BCUT2D eigenvalue weighted by Crippen LogP contribution is -2.42. The number of hydrogen-bond donors (Lipinski definition) is 1. The van der Waals surface area contributed by atoms with Gasteiger partial charge in [-0.25, -0.2) is 0 Å².